The van der Waals surface area contributed by atoms with Crippen LogP contribution in [0.3, 0.4) is 0 Å². The molecule has 0 fully saturated rings. The van der Waals surface area contributed by atoms with Crippen molar-refractivity contribution >= 4 is 11.6 Å². The fourth-order valence-corrected chi connectivity index (χ4v) is 2.02. The lowest BCUT2D eigenvalue weighted by atomic mass is 10.1. The maximum absolute atomic E-state index is 12.9. The molecule has 0 spiro atoms. The van der Waals surface area contributed by atoms with Gasteiger partial charge >= 0.3 is 6.36 Å². The van der Waals surface area contributed by atoms with Crippen molar-refractivity contribution in [3.63, 3.8) is 0 Å². The molecule has 0 aliphatic carbocycles. The predicted octanol–water partition coefficient (Wildman–Crippen LogP) is 4.39. The Morgan fingerprint density at radius 1 is 1.04 bits per heavy atom. The Morgan fingerprint density at radius 3 is 2.09 bits per heavy atom. The number of anilines is 1. The quantitative estimate of drug-likeness (QED) is 0.780. The number of halogens is 4. The van der Waals surface area contributed by atoms with Gasteiger partial charge in [0.2, 0.25) is 0 Å². The summed E-state index contributed by atoms with van der Waals surface area (Å²) in [5, 5.41) is 0. The van der Waals surface area contributed by atoms with Gasteiger partial charge in [-0.05, 0) is 55.5 Å². The molecule has 0 unspecified atom stereocenters. The van der Waals surface area contributed by atoms with Gasteiger partial charge in [-0.25, -0.2) is 4.39 Å². The zero-order valence-corrected chi connectivity index (χ0v) is 12.1. The Morgan fingerprint density at radius 2 is 1.61 bits per heavy atom. The first-order chi connectivity index (χ1) is 10.8. The third-order valence-corrected chi connectivity index (χ3v) is 3.03. The van der Waals surface area contributed by atoms with Gasteiger partial charge in [0, 0.05) is 17.8 Å². The molecule has 0 aliphatic rings. The monoisotopic (exact) mass is 327 g/mol. The fourth-order valence-electron chi connectivity index (χ4n) is 2.02. The van der Waals surface area contributed by atoms with E-state index in [2.05, 4.69) is 4.74 Å². The molecule has 0 aliphatic heterocycles. The van der Waals surface area contributed by atoms with Gasteiger partial charge < -0.3 is 9.64 Å². The van der Waals surface area contributed by atoms with Crippen LogP contribution in [0.15, 0.2) is 48.5 Å². The van der Waals surface area contributed by atoms with Crippen LogP contribution in [0.25, 0.3) is 0 Å². The number of rotatable bonds is 4. The molecule has 0 bridgehead atoms. The molecule has 0 N–H and O–H groups in total. The summed E-state index contributed by atoms with van der Waals surface area (Å²) in [7, 11) is 0. The molecule has 2 aromatic carbocycles. The van der Waals surface area contributed by atoms with Crippen LogP contribution in [0.4, 0.5) is 23.2 Å². The van der Waals surface area contributed by atoms with Gasteiger partial charge in [-0.15, -0.1) is 13.2 Å². The first-order valence-electron chi connectivity index (χ1n) is 6.73. The second-order valence-corrected chi connectivity index (χ2v) is 4.60. The van der Waals surface area contributed by atoms with Gasteiger partial charge in [0.25, 0.3) is 5.91 Å². The van der Waals surface area contributed by atoms with Crippen molar-refractivity contribution < 1.29 is 27.1 Å². The highest BCUT2D eigenvalue weighted by Gasteiger charge is 2.31. The largest absolute Gasteiger partial charge is 0.573 e. The van der Waals surface area contributed by atoms with Crippen LogP contribution >= 0.6 is 0 Å². The average Bonchev–Trinajstić information content (AvgIpc) is 2.49. The third kappa shape index (κ3) is 4.45. The average molecular weight is 327 g/mol. The molecule has 122 valence electrons. The van der Waals surface area contributed by atoms with Crippen LogP contribution in [0.2, 0.25) is 0 Å². The number of amides is 1. The molecule has 23 heavy (non-hydrogen) atoms. The lowest BCUT2D eigenvalue weighted by molar-refractivity contribution is -0.274. The van der Waals surface area contributed by atoms with E-state index >= 15 is 0 Å². The first kappa shape index (κ1) is 16.8. The van der Waals surface area contributed by atoms with E-state index in [0.717, 1.165) is 12.1 Å². The van der Waals surface area contributed by atoms with Crippen molar-refractivity contribution in [3.05, 3.63) is 59.9 Å². The lowest BCUT2D eigenvalue weighted by Gasteiger charge is -2.21. The second-order valence-electron chi connectivity index (χ2n) is 4.60. The van der Waals surface area contributed by atoms with Crippen LogP contribution in [0.5, 0.6) is 5.75 Å². The van der Waals surface area contributed by atoms with Crippen LogP contribution in [0, 0.1) is 5.82 Å². The summed E-state index contributed by atoms with van der Waals surface area (Å²) in [4.78, 5) is 13.8. The minimum atomic E-state index is -4.78. The van der Waals surface area contributed by atoms with Gasteiger partial charge in [0.1, 0.15) is 11.6 Å². The molecule has 7 heteroatoms. The molecule has 0 saturated carbocycles. The van der Waals surface area contributed by atoms with Crippen molar-refractivity contribution in [2.75, 3.05) is 11.4 Å². The molecule has 2 rings (SSSR count). The number of ether oxygens (including phenoxy) is 1. The minimum Gasteiger partial charge on any atom is -0.406 e. The molecule has 3 nitrogen and oxygen atoms in total. The molecule has 0 aromatic heterocycles. The zero-order valence-electron chi connectivity index (χ0n) is 12.1. The van der Waals surface area contributed by atoms with Crippen molar-refractivity contribution in [2.45, 2.75) is 13.3 Å². The van der Waals surface area contributed by atoms with Gasteiger partial charge in [-0.1, -0.05) is 0 Å². The van der Waals surface area contributed by atoms with Crippen molar-refractivity contribution in [3.8, 4) is 5.75 Å². The topological polar surface area (TPSA) is 29.5 Å². The van der Waals surface area contributed by atoms with E-state index in [-0.39, 0.29) is 5.56 Å². The Hall–Kier alpha value is -2.57. The summed E-state index contributed by atoms with van der Waals surface area (Å²) in [5.41, 5.74) is 0.695. The van der Waals surface area contributed by atoms with Gasteiger partial charge in [-0.2, -0.15) is 0 Å². The minimum absolute atomic E-state index is 0.200. The van der Waals surface area contributed by atoms with E-state index < -0.39 is 23.8 Å². The SMILES string of the molecule is CCN(C(=O)c1ccc(OC(F)(F)F)cc1)c1ccc(F)cc1. The first-order valence-corrected chi connectivity index (χ1v) is 6.73. The Labute approximate surface area is 130 Å². The van der Waals surface area contributed by atoms with Crippen LogP contribution in [0.1, 0.15) is 17.3 Å². The predicted molar refractivity (Wildman–Crippen MR) is 76.9 cm³/mol. The number of carbonyl (C=O) groups is 1. The molecule has 0 atom stereocenters. The molecule has 0 heterocycles. The molecule has 1 amide bonds. The molecule has 0 saturated heterocycles. The van der Waals surface area contributed by atoms with Crippen LogP contribution in [-0.4, -0.2) is 18.8 Å². The Kier molecular flexibility index (Phi) is 4.88. The molecular weight excluding hydrogens is 314 g/mol. The van der Waals surface area contributed by atoms with Gasteiger partial charge in [0.05, 0.1) is 0 Å². The summed E-state index contributed by atoms with van der Waals surface area (Å²) < 4.78 is 53.0. The van der Waals surface area contributed by atoms with Crippen molar-refractivity contribution in [1.82, 2.24) is 0 Å². The Bertz CT molecular complexity index is 666. The summed E-state index contributed by atoms with van der Waals surface area (Å²) in [6.07, 6.45) is -4.78. The number of alkyl halides is 3. The number of hydrogen-bond donors (Lipinski definition) is 0. The van der Waals surface area contributed by atoms with E-state index in [4.69, 9.17) is 0 Å². The maximum atomic E-state index is 12.9. The van der Waals surface area contributed by atoms with E-state index in [1.807, 2.05) is 0 Å². The fraction of sp³-hybridized carbons (Fsp3) is 0.188. The van der Waals surface area contributed by atoms with E-state index in [1.165, 1.54) is 41.3 Å². The summed E-state index contributed by atoms with van der Waals surface area (Å²) in [6, 6.07) is 10.00. The highest BCUT2D eigenvalue weighted by Crippen LogP contribution is 2.24. The van der Waals surface area contributed by atoms with Crippen LogP contribution < -0.4 is 9.64 Å². The normalized spacial score (nSPS) is 11.2. The standard InChI is InChI=1S/C16H13F4NO2/c1-2-21(13-7-5-12(17)6-8-13)15(22)11-3-9-14(10-4-11)23-16(18,19)20/h3-10H,2H2,1H3. The highest BCUT2D eigenvalue weighted by atomic mass is 19.4. The summed E-state index contributed by atoms with van der Waals surface area (Å²) in [6.45, 7) is 2.06. The third-order valence-electron chi connectivity index (χ3n) is 3.03. The number of hydrogen-bond acceptors (Lipinski definition) is 2. The second kappa shape index (κ2) is 6.68. The summed E-state index contributed by atoms with van der Waals surface area (Å²) >= 11 is 0. The van der Waals surface area contributed by atoms with Crippen molar-refractivity contribution in [2.24, 2.45) is 0 Å². The lowest BCUT2D eigenvalue weighted by Crippen LogP contribution is -2.30. The summed E-state index contributed by atoms with van der Waals surface area (Å²) in [5.74, 6) is -1.23. The van der Waals surface area contributed by atoms with E-state index in [0.29, 0.717) is 12.2 Å². The molecule has 2 aromatic rings. The van der Waals surface area contributed by atoms with Gasteiger partial charge in [0.15, 0.2) is 0 Å². The van der Waals surface area contributed by atoms with Gasteiger partial charge in [-0.3, -0.25) is 4.79 Å². The van der Waals surface area contributed by atoms with Crippen molar-refractivity contribution in [1.29, 1.82) is 0 Å². The number of nitrogens with zero attached hydrogens (tertiary/aromatic N) is 1. The molecular formula is C16H13F4NO2. The zero-order chi connectivity index (χ0) is 17.0. The highest BCUT2D eigenvalue weighted by molar-refractivity contribution is 6.06. The molecule has 0 radical (unpaired) electrons. The number of benzene rings is 2. The maximum Gasteiger partial charge on any atom is 0.573 e. The van der Waals surface area contributed by atoms with E-state index in [9.17, 15) is 22.4 Å². The Balaban J connectivity index is 2.19. The van der Waals surface area contributed by atoms with Crippen LogP contribution in [-0.2, 0) is 0 Å². The van der Waals surface area contributed by atoms with E-state index in [1.54, 1.807) is 6.92 Å². The smallest absolute Gasteiger partial charge is 0.406 e. The number of carbonyl (C=O) groups excluding carboxylic acids is 1.